The smallest absolute Gasteiger partial charge is 0.139 e. The molecule has 92 valence electrons. The fraction of sp³-hybridized carbons (Fsp3) is 0.714. The molecule has 0 saturated heterocycles. The van der Waals surface area contributed by atoms with E-state index in [0.717, 1.165) is 0 Å². The molecule has 0 aromatic heterocycles. The lowest BCUT2D eigenvalue weighted by atomic mass is 9.40. The zero-order chi connectivity index (χ0) is 12.7. The molecule has 0 N–H and O–H groups in total. The molecule has 17 heavy (non-hydrogen) atoms. The van der Waals surface area contributed by atoms with Gasteiger partial charge in [0.15, 0.2) is 0 Å². The summed E-state index contributed by atoms with van der Waals surface area (Å²) >= 11 is 0. The first kappa shape index (κ1) is 12.3. The number of nitrogens with zero attached hydrogens (tertiary/aromatic N) is 1. The van der Waals surface area contributed by atoms with Gasteiger partial charge < -0.3 is 0 Å². The van der Waals surface area contributed by atoms with Crippen LogP contribution in [0.5, 0.6) is 0 Å². The number of hydrogen-bond acceptors (Lipinski definition) is 2. The molecule has 3 rings (SSSR count). The molecule has 0 aromatic carbocycles. The minimum absolute atomic E-state index is 0.136. The van der Waals surface area contributed by atoms with E-state index in [0.29, 0.717) is 32.1 Å². The highest BCUT2D eigenvalue weighted by atomic mass is 19.1. The summed E-state index contributed by atoms with van der Waals surface area (Å²) < 4.78 is 13.4. The van der Waals surface area contributed by atoms with Crippen LogP contribution in [0.25, 0.3) is 0 Å². The van der Waals surface area contributed by atoms with E-state index in [4.69, 9.17) is 5.26 Å². The van der Waals surface area contributed by atoms with Crippen molar-refractivity contribution in [1.82, 2.24) is 0 Å². The maximum absolute atomic E-state index is 13.4. The normalized spacial score (nSPS) is 34.9. The second kappa shape index (κ2) is 3.66. The van der Waals surface area contributed by atoms with Crippen molar-refractivity contribution in [2.45, 2.75) is 51.6 Å². The number of hydrogen-bond donors (Lipinski definition) is 0. The fourth-order valence-corrected chi connectivity index (χ4v) is 3.08. The lowest BCUT2D eigenvalue weighted by molar-refractivity contribution is -0.213. The summed E-state index contributed by atoms with van der Waals surface area (Å²) in [6, 6.07) is 1.94. The zero-order valence-electron chi connectivity index (χ0n) is 10.4. The maximum Gasteiger partial charge on any atom is 0.139 e. The van der Waals surface area contributed by atoms with Gasteiger partial charge in [-0.25, -0.2) is 4.39 Å². The lowest BCUT2D eigenvalue weighted by Gasteiger charge is -2.65. The Hall–Kier alpha value is -1.17. The van der Waals surface area contributed by atoms with E-state index in [9.17, 15) is 9.18 Å². The van der Waals surface area contributed by atoms with Gasteiger partial charge in [-0.3, -0.25) is 4.79 Å². The van der Waals surface area contributed by atoms with Crippen LogP contribution in [0.4, 0.5) is 4.39 Å². The number of Topliss-reactive ketones (excluding diaryl/α,β-unsaturated/α-hetero) is 1. The summed E-state index contributed by atoms with van der Waals surface area (Å²) in [5, 5.41) is 8.41. The monoisotopic (exact) mass is 235 g/mol. The summed E-state index contributed by atoms with van der Waals surface area (Å²) in [6.45, 7) is 4.03. The second-order valence-corrected chi connectivity index (χ2v) is 6.46. The first-order valence-electron chi connectivity index (χ1n) is 6.08. The van der Waals surface area contributed by atoms with Crippen molar-refractivity contribution >= 4 is 5.78 Å². The fourth-order valence-electron chi connectivity index (χ4n) is 3.08. The summed E-state index contributed by atoms with van der Waals surface area (Å²) in [7, 11) is 0. The molecule has 3 saturated carbocycles. The molecule has 2 nitrogen and oxygen atoms in total. The Bertz CT molecular complexity index is 397. The number of halogens is 1. The Morgan fingerprint density at radius 1 is 1.47 bits per heavy atom. The number of rotatable bonds is 5. The molecule has 2 bridgehead atoms. The largest absolute Gasteiger partial charge is 0.299 e. The number of ketones is 1. The van der Waals surface area contributed by atoms with Crippen molar-refractivity contribution in [2.75, 3.05) is 0 Å². The topological polar surface area (TPSA) is 40.9 Å². The van der Waals surface area contributed by atoms with E-state index in [1.165, 1.54) is 6.08 Å². The van der Waals surface area contributed by atoms with Gasteiger partial charge in [0.05, 0.1) is 6.07 Å². The van der Waals surface area contributed by atoms with E-state index in [1.54, 1.807) is 6.08 Å². The highest BCUT2D eigenvalue weighted by Crippen LogP contribution is 2.70. The quantitative estimate of drug-likeness (QED) is 0.686. The van der Waals surface area contributed by atoms with E-state index < -0.39 is 5.67 Å². The maximum atomic E-state index is 13.4. The Morgan fingerprint density at radius 3 is 2.53 bits per heavy atom. The van der Waals surface area contributed by atoms with Gasteiger partial charge in [0, 0.05) is 17.9 Å². The molecule has 0 heterocycles. The van der Waals surface area contributed by atoms with Crippen molar-refractivity contribution in [2.24, 2.45) is 10.8 Å². The standard InChI is InChI=1S/C14H18FNO/c1-12(2,5-3-4-6-16)7-11(17)13-8-14(15,9-13)10-13/h3-4H,5,7-10H2,1-2H3/b4-3-. The van der Waals surface area contributed by atoms with Gasteiger partial charge in [0.25, 0.3) is 0 Å². The van der Waals surface area contributed by atoms with Gasteiger partial charge in [-0.05, 0) is 31.1 Å². The van der Waals surface area contributed by atoms with E-state index >= 15 is 0 Å². The van der Waals surface area contributed by atoms with Crippen molar-refractivity contribution in [3.63, 3.8) is 0 Å². The van der Waals surface area contributed by atoms with Gasteiger partial charge in [-0.2, -0.15) is 5.26 Å². The predicted molar refractivity (Wildman–Crippen MR) is 62.9 cm³/mol. The highest BCUT2D eigenvalue weighted by Gasteiger charge is 2.72. The lowest BCUT2D eigenvalue weighted by Crippen LogP contribution is -2.68. The van der Waals surface area contributed by atoms with Crippen LogP contribution in [-0.2, 0) is 4.79 Å². The Kier molecular flexibility index (Phi) is 2.65. The molecular weight excluding hydrogens is 217 g/mol. The van der Waals surface area contributed by atoms with Gasteiger partial charge >= 0.3 is 0 Å². The summed E-state index contributed by atoms with van der Waals surface area (Å²) in [5.74, 6) is 0.215. The van der Waals surface area contributed by atoms with Crippen molar-refractivity contribution in [1.29, 1.82) is 5.26 Å². The molecule has 3 aliphatic carbocycles. The molecule has 0 radical (unpaired) electrons. The number of carbonyl (C=O) groups is 1. The minimum Gasteiger partial charge on any atom is -0.299 e. The molecular formula is C14H18FNO. The number of nitriles is 1. The molecule has 0 unspecified atom stereocenters. The summed E-state index contributed by atoms with van der Waals surface area (Å²) in [4.78, 5) is 12.1. The number of carbonyl (C=O) groups excluding carboxylic acids is 1. The average Bonchev–Trinajstić information content (AvgIpc) is 2.10. The van der Waals surface area contributed by atoms with Crippen molar-refractivity contribution in [3.05, 3.63) is 12.2 Å². The third-order valence-corrected chi connectivity index (χ3v) is 4.06. The second-order valence-electron chi connectivity index (χ2n) is 6.46. The average molecular weight is 235 g/mol. The van der Waals surface area contributed by atoms with Crippen LogP contribution in [0.1, 0.15) is 46.0 Å². The first-order valence-corrected chi connectivity index (χ1v) is 6.08. The van der Waals surface area contributed by atoms with Gasteiger partial charge in [-0.1, -0.05) is 19.9 Å². The van der Waals surface area contributed by atoms with Gasteiger partial charge in [0.2, 0.25) is 0 Å². The van der Waals surface area contributed by atoms with Gasteiger partial charge in [0.1, 0.15) is 11.5 Å². The molecule has 0 spiro atoms. The minimum atomic E-state index is -0.999. The summed E-state index contributed by atoms with van der Waals surface area (Å²) in [6.07, 6.45) is 5.78. The van der Waals surface area contributed by atoms with E-state index in [-0.39, 0.29) is 16.6 Å². The van der Waals surface area contributed by atoms with Crippen LogP contribution in [0.3, 0.4) is 0 Å². The molecule has 3 fully saturated rings. The highest BCUT2D eigenvalue weighted by molar-refractivity contribution is 5.89. The van der Waals surface area contributed by atoms with Crippen LogP contribution in [-0.4, -0.2) is 11.5 Å². The molecule has 0 atom stereocenters. The SMILES string of the molecule is CC(C)(C/C=C\C#N)CC(=O)C12CC(F)(C1)C2. The van der Waals surface area contributed by atoms with Crippen LogP contribution in [0.15, 0.2) is 12.2 Å². The Labute approximate surface area is 102 Å². The predicted octanol–water partition coefficient (Wildman–Crippen LogP) is 3.33. The first-order chi connectivity index (χ1) is 7.81. The number of allylic oxidation sites excluding steroid dienone is 2. The molecule has 0 aromatic rings. The van der Waals surface area contributed by atoms with E-state index in [1.807, 2.05) is 19.9 Å². The molecule has 0 amide bonds. The molecule has 3 aliphatic rings. The van der Waals surface area contributed by atoms with Crippen molar-refractivity contribution in [3.8, 4) is 6.07 Å². The zero-order valence-corrected chi connectivity index (χ0v) is 10.4. The van der Waals surface area contributed by atoms with Crippen LogP contribution >= 0.6 is 0 Å². The molecule has 0 aliphatic heterocycles. The van der Waals surface area contributed by atoms with Crippen LogP contribution in [0, 0.1) is 22.2 Å². The van der Waals surface area contributed by atoms with E-state index in [2.05, 4.69) is 0 Å². The van der Waals surface area contributed by atoms with Gasteiger partial charge in [-0.15, -0.1) is 0 Å². The molecule has 3 heteroatoms. The number of alkyl halides is 1. The van der Waals surface area contributed by atoms with Crippen molar-refractivity contribution < 1.29 is 9.18 Å². The third kappa shape index (κ3) is 2.13. The Balaban J connectivity index is 1.86. The summed E-state index contributed by atoms with van der Waals surface area (Å²) in [5.41, 5.74) is -1.45. The van der Waals surface area contributed by atoms with Crippen LogP contribution < -0.4 is 0 Å². The van der Waals surface area contributed by atoms with Crippen LogP contribution in [0.2, 0.25) is 0 Å². The Morgan fingerprint density at radius 2 is 2.06 bits per heavy atom. The third-order valence-electron chi connectivity index (χ3n) is 4.06.